The molecule has 304 valence electrons. The number of Topliss-reactive ketones (excluding diaryl/α,β-unsaturated/α-hetero) is 1. The zero-order chi connectivity index (χ0) is 43.1. The molecule has 0 aliphatic rings. The Balaban J connectivity index is 0.990. The fourth-order valence-corrected chi connectivity index (χ4v) is 7.98. The molecular formula is C59H44O4. The molecule has 0 saturated heterocycles. The lowest BCUT2D eigenvalue weighted by atomic mass is 9.94. The Morgan fingerprint density at radius 3 is 1.08 bits per heavy atom. The van der Waals surface area contributed by atoms with Crippen LogP contribution in [-0.2, 0) is 6.42 Å². The Labute approximate surface area is 368 Å². The SMILES string of the molecule is COc1ccc(Cc2ccc(OC(=O)c3ccc(C(C)=O)cc3)c(-c3ccc(-c4ccc(-c5ccccc5)cc4)cc3)c2)cc1-c1ccc(-c2ccc(-c3ccccc3)cc2)cc1. The molecule has 9 rings (SSSR count). The average molecular weight is 817 g/mol. The van der Waals surface area contributed by atoms with E-state index in [1.807, 2.05) is 42.5 Å². The summed E-state index contributed by atoms with van der Waals surface area (Å²) in [4.78, 5) is 25.4. The fourth-order valence-electron chi connectivity index (χ4n) is 7.98. The molecule has 63 heavy (non-hydrogen) atoms. The molecule has 0 aliphatic heterocycles. The van der Waals surface area contributed by atoms with Gasteiger partial charge in [-0.1, -0.05) is 182 Å². The highest BCUT2D eigenvalue weighted by molar-refractivity contribution is 5.97. The van der Waals surface area contributed by atoms with E-state index in [2.05, 4.69) is 152 Å². The number of carbonyl (C=O) groups excluding carboxylic acids is 2. The third kappa shape index (κ3) is 9.17. The van der Waals surface area contributed by atoms with Crippen LogP contribution < -0.4 is 9.47 Å². The van der Waals surface area contributed by atoms with E-state index in [1.54, 1.807) is 31.4 Å². The summed E-state index contributed by atoms with van der Waals surface area (Å²) in [5, 5.41) is 0. The largest absolute Gasteiger partial charge is 0.496 e. The van der Waals surface area contributed by atoms with Crippen LogP contribution in [0.5, 0.6) is 11.5 Å². The van der Waals surface area contributed by atoms with Crippen LogP contribution in [0.15, 0.2) is 218 Å². The van der Waals surface area contributed by atoms with E-state index in [9.17, 15) is 9.59 Å². The first-order chi connectivity index (χ1) is 30.9. The molecule has 0 fully saturated rings. The van der Waals surface area contributed by atoms with Gasteiger partial charge in [-0.15, -0.1) is 0 Å². The predicted molar refractivity (Wildman–Crippen MR) is 256 cm³/mol. The van der Waals surface area contributed by atoms with Crippen LogP contribution in [0, 0.1) is 0 Å². The molecule has 9 aromatic rings. The third-order valence-electron chi connectivity index (χ3n) is 11.5. The van der Waals surface area contributed by atoms with Crippen molar-refractivity contribution in [1.29, 1.82) is 0 Å². The van der Waals surface area contributed by atoms with E-state index in [-0.39, 0.29) is 5.78 Å². The van der Waals surface area contributed by atoms with Crippen molar-refractivity contribution in [2.75, 3.05) is 7.11 Å². The van der Waals surface area contributed by atoms with Gasteiger partial charge in [-0.25, -0.2) is 4.79 Å². The minimum Gasteiger partial charge on any atom is -0.496 e. The molecule has 0 spiro atoms. The molecular weight excluding hydrogens is 773 g/mol. The summed E-state index contributed by atoms with van der Waals surface area (Å²) in [6, 6.07) is 73.9. The first kappa shape index (κ1) is 40.3. The number of hydrogen-bond donors (Lipinski definition) is 0. The van der Waals surface area contributed by atoms with Crippen molar-refractivity contribution in [3.63, 3.8) is 0 Å². The van der Waals surface area contributed by atoms with Gasteiger partial charge in [-0.3, -0.25) is 4.79 Å². The molecule has 0 bridgehead atoms. The second-order valence-electron chi connectivity index (χ2n) is 15.6. The summed E-state index contributed by atoms with van der Waals surface area (Å²) in [5.41, 5.74) is 16.1. The zero-order valence-electron chi connectivity index (χ0n) is 35.1. The van der Waals surface area contributed by atoms with E-state index in [0.717, 1.165) is 66.9 Å². The molecule has 0 heterocycles. The van der Waals surface area contributed by atoms with Crippen LogP contribution in [0.2, 0.25) is 0 Å². The highest BCUT2D eigenvalue weighted by Crippen LogP contribution is 2.37. The molecule has 0 aromatic heterocycles. The van der Waals surface area contributed by atoms with Gasteiger partial charge in [0.25, 0.3) is 0 Å². The smallest absolute Gasteiger partial charge is 0.343 e. The second-order valence-corrected chi connectivity index (χ2v) is 15.6. The van der Waals surface area contributed by atoms with Gasteiger partial charge in [0.1, 0.15) is 11.5 Å². The monoisotopic (exact) mass is 816 g/mol. The summed E-state index contributed by atoms with van der Waals surface area (Å²) < 4.78 is 12.0. The van der Waals surface area contributed by atoms with Crippen LogP contribution in [0.1, 0.15) is 38.8 Å². The first-order valence-corrected chi connectivity index (χ1v) is 21.0. The van der Waals surface area contributed by atoms with Crippen molar-refractivity contribution in [3.05, 3.63) is 241 Å². The Morgan fingerprint density at radius 1 is 0.365 bits per heavy atom. The van der Waals surface area contributed by atoms with Gasteiger partial charge in [0.2, 0.25) is 0 Å². The molecule has 0 amide bonds. The van der Waals surface area contributed by atoms with Crippen LogP contribution >= 0.6 is 0 Å². The lowest BCUT2D eigenvalue weighted by molar-refractivity contribution is 0.0735. The lowest BCUT2D eigenvalue weighted by Gasteiger charge is -2.15. The molecule has 0 atom stereocenters. The molecule has 0 aliphatic carbocycles. The number of esters is 1. The van der Waals surface area contributed by atoms with Crippen LogP contribution in [-0.4, -0.2) is 18.9 Å². The van der Waals surface area contributed by atoms with Crippen molar-refractivity contribution < 1.29 is 19.1 Å². The maximum atomic E-state index is 13.5. The van der Waals surface area contributed by atoms with Crippen molar-refractivity contribution in [3.8, 4) is 78.3 Å². The zero-order valence-corrected chi connectivity index (χ0v) is 35.1. The van der Waals surface area contributed by atoms with Crippen molar-refractivity contribution in [1.82, 2.24) is 0 Å². The first-order valence-electron chi connectivity index (χ1n) is 21.0. The minimum atomic E-state index is -0.496. The van der Waals surface area contributed by atoms with E-state index < -0.39 is 5.97 Å². The highest BCUT2D eigenvalue weighted by atomic mass is 16.5. The van der Waals surface area contributed by atoms with Crippen molar-refractivity contribution >= 4 is 11.8 Å². The Bertz CT molecular complexity index is 3010. The maximum Gasteiger partial charge on any atom is 0.343 e. The normalized spacial score (nSPS) is 10.9. The standard InChI is InChI=1S/C59H44O4/c1-40(60)43-15-33-54(34-16-43)59(61)63-58-36-14-42(39-56(58)53-31-27-51(28-32-53)49-23-19-47(20-24-49)45-11-7-4-8-12-45)37-41-13-35-57(62-2)55(38-41)52-29-25-50(26-30-52)48-21-17-46(18-22-48)44-9-5-3-6-10-44/h3-36,38-39H,37H2,1-2H3. The summed E-state index contributed by atoms with van der Waals surface area (Å²) >= 11 is 0. The van der Waals surface area contributed by atoms with Gasteiger partial charge in [0, 0.05) is 16.7 Å². The number of methoxy groups -OCH3 is 1. The summed E-state index contributed by atoms with van der Waals surface area (Å²) in [6.07, 6.45) is 0.641. The topological polar surface area (TPSA) is 52.6 Å². The van der Waals surface area contributed by atoms with E-state index in [0.29, 0.717) is 23.3 Å². The number of ketones is 1. The number of hydrogen-bond acceptors (Lipinski definition) is 4. The van der Waals surface area contributed by atoms with Gasteiger partial charge in [-0.05, 0) is 117 Å². The van der Waals surface area contributed by atoms with Crippen LogP contribution in [0.25, 0.3) is 66.8 Å². The summed E-state index contributed by atoms with van der Waals surface area (Å²) in [5.74, 6) is 0.688. The van der Waals surface area contributed by atoms with E-state index in [4.69, 9.17) is 9.47 Å². The minimum absolute atomic E-state index is 0.0636. The maximum absolute atomic E-state index is 13.5. The van der Waals surface area contributed by atoms with Crippen molar-refractivity contribution in [2.45, 2.75) is 13.3 Å². The molecule has 4 heteroatoms. The van der Waals surface area contributed by atoms with Crippen LogP contribution in [0.3, 0.4) is 0 Å². The Kier molecular flexibility index (Phi) is 11.7. The van der Waals surface area contributed by atoms with Gasteiger partial charge in [0.05, 0.1) is 12.7 Å². The number of benzene rings is 9. The van der Waals surface area contributed by atoms with E-state index >= 15 is 0 Å². The number of ether oxygens (including phenoxy) is 2. The lowest BCUT2D eigenvalue weighted by Crippen LogP contribution is -2.10. The quantitative estimate of drug-likeness (QED) is 0.0700. The van der Waals surface area contributed by atoms with Crippen LogP contribution in [0.4, 0.5) is 0 Å². The van der Waals surface area contributed by atoms with Crippen molar-refractivity contribution in [2.24, 2.45) is 0 Å². The molecule has 0 radical (unpaired) electrons. The molecule has 9 aromatic carbocycles. The molecule has 0 unspecified atom stereocenters. The van der Waals surface area contributed by atoms with E-state index in [1.165, 1.54) is 23.6 Å². The van der Waals surface area contributed by atoms with Gasteiger partial charge >= 0.3 is 5.97 Å². The fraction of sp³-hybridized carbons (Fsp3) is 0.0508. The highest BCUT2D eigenvalue weighted by Gasteiger charge is 2.16. The second kappa shape index (κ2) is 18.3. The third-order valence-corrected chi connectivity index (χ3v) is 11.5. The summed E-state index contributed by atoms with van der Waals surface area (Å²) in [7, 11) is 1.70. The molecule has 0 saturated carbocycles. The molecule has 0 N–H and O–H groups in total. The number of rotatable bonds is 12. The number of carbonyl (C=O) groups is 2. The Hall–Kier alpha value is -8.08. The Morgan fingerprint density at radius 2 is 0.698 bits per heavy atom. The predicted octanol–water partition coefficient (Wildman–Crippen LogP) is 14.7. The van der Waals surface area contributed by atoms with Gasteiger partial charge in [0.15, 0.2) is 5.78 Å². The van der Waals surface area contributed by atoms with Gasteiger partial charge in [-0.2, -0.15) is 0 Å². The average Bonchev–Trinajstić information content (AvgIpc) is 3.35. The van der Waals surface area contributed by atoms with Gasteiger partial charge < -0.3 is 9.47 Å². The molecule has 4 nitrogen and oxygen atoms in total. The summed E-state index contributed by atoms with van der Waals surface area (Å²) in [6.45, 7) is 1.50.